The standard InChI is InChI=1S/C28H28N2O5/c1-16(2)35-28(34)18-10-12-21(13-11-18)29-25(31)22(14-17-6-4-3-5-7-17)30-26(32)23-19-8-9-20(15-19)24(23)27(30)33/h3-13,16,19-20,22-24H,14-15H2,1-2H3,(H,29,31)/t19-,20-,22+,23-,24+/m0/s1. The number of hydrogen-bond acceptors (Lipinski definition) is 5. The third kappa shape index (κ3) is 4.27. The molecular formula is C28H28N2O5. The molecule has 2 aromatic rings. The molecule has 0 radical (unpaired) electrons. The summed E-state index contributed by atoms with van der Waals surface area (Å²) in [6.07, 6.45) is 4.91. The maximum absolute atomic E-state index is 13.5. The molecule has 35 heavy (non-hydrogen) atoms. The molecule has 1 aliphatic heterocycles. The van der Waals surface area contributed by atoms with Gasteiger partial charge in [0, 0.05) is 12.1 Å². The number of benzene rings is 2. The minimum Gasteiger partial charge on any atom is -0.459 e. The second kappa shape index (κ2) is 9.13. The Hall–Kier alpha value is -3.74. The Bertz CT molecular complexity index is 1160. The summed E-state index contributed by atoms with van der Waals surface area (Å²) >= 11 is 0. The van der Waals surface area contributed by atoms with Crippen molar-refractivity contribution in [1.29, 1.82) is 0 Å². The van der Waals surface area contributed by atoms with Crippen LogP contribution in [0.1, 0.15) is 36.2 Å². The number of carbonyl (C=O) groups excluding carboxylic acids is 4. The largest absolute Gasteiger partial charge is 0.459 e. The normalized spacial score (nSPS) is 25.2. The average molecular weight is 473 g/mol. The van der Waals surface area contributed by atoms with Gasteiger partial charge >= 0.3 is 5.97 Å². The van der Waals surface area contributed by atoms with E-state index >= 15 is 0 Å². The number of ether oxygens (including phenoxy) is 1. The average Bonchev–Trinajstić information content (AvgIpc) is 3.52. The number of rotatable bonds is 7. The number of esters is 1. The monoisotopic (exact) mass is 472 g/mol. The lowest BCUT2D eigenvalue weighted by Gasteiger charge is -2.27. The van der Waals surface area contributed by atoms with Crippen molar-refractivity contribution in [3.8, 4) is 0 Å². The van der Waals surface area contributed by atoms with E-state index in [4.69, 9.17) is 4.74 Å². The number of likely N-dealkylation sites (tertiary alicyclic amines) is 1. The van der Waals surface area contributed by atoms with Gasteiger partial charge in [0.15, 0.2) is 0 Å². The van der Waals surface area contributed by atoms with Crippen LogP contribution in [0.3, 0.4) is 0 Å². The Morgan fingerprint density at radius 2 is 1.54 bits per heavy atom. The van der Waals surface area contributed by atoms with Crippen molar-refractivity contribution in [2.24, 2.45) is 23.7 Å². The number of allylic oxidation sites excluding steroid dienone is 2. The summed E-state index contributed by atoms with van der Waals surface area (Å²) in [4.78, 5) is 53.6. The van der Waals surface area contributed by atoms with Crippen molar-refractivity contribution >= 4 is 29.4 Å². The zero-order chi connectivity index (χ0) is 24.7. The summed E-state index contributed by atoms with van der Waals surface area (Å²) in [7, 11) is 0. The lowest BCUT2D eigenvalue weighted by Crippen LogP contribution is -2.49. The van der Waals surface area contributed by atoms with Crippen LogP contribution in [0.25, 0.3) is 0 Å². The number of nitrogens with zero attached hydrogens (tertiary/aromatic N) is 1. The SMILES string of the molecule is CC(C)OC(=O)c1ccc(NC(=O)[C@@H](Cc2ccccc2)N2C(=O)[C@@H]3[C@H](C2=O)[C@H]2C=C[C@H]3C2)cc1. The van der Waals surface area contributed by atoms with Crippen LogP contribution in [0.4, 0.5) is 5.69 Å². The fourth-order valence-electron chi connectivity index (χ4n) is 5.57. The van der Waals surface area contributed by atoms with Crippen molar-refractivity contribution in [3.63, 3.8) is 0 Å². The Morgan fingerprint density at radius 3 is 2.11 bits per heavy atom. The van der Waals surface area contributed by atoms with E-state index in [0.717, 1.165) is 12.0 Å². The van der Waals surface area contributed by atoms with E-state index in [-0.39, 0.29) is 48.0 Å². The van der Waals surface area contributed by atoms with Crippen LogP contribution in [0.5, 0.6) is 0 Å². The Labute approximate surface area is 204 Å². The summed E-state index contributed by atoms with van der Waals surface area (Å²) in [6.45, 7) is 3.55. The number of anilines is 1. The van der Waals surface area contributed by atoms with Crippen LogP contribution < -0.4 is 5.32 Å². The highest BCUT2D eigenvalue weighted by atomic mass is 16.5. The van der Waals surface area contributed by atoms with Crippen molar-refractivity contribution in [1.82, 2.24) is 4.90 Å². The number of hydrogen-bond donors (Lipinski definition) is 1. The van der Waals surface area contributed by atoms with Gasteiger partial charge in [0.05, 0.1) is 23.5 Å². The van der Waals surface area contributed by atoms with Gasteiger partial charge in [-0.15, -0.1) is 0 Å². The van der Waals surface area contributed by atoms with Gasteiger partial charge in [0.25, 0.3) is 0 Å². The van der Waals surface area contributed by atoms with E-state index in [1.807, 2.05) is 42.5 Å². The molecule has 0 unspecified atom stereocenters. The van der Waals surface area contributed by atoms with Crippen LogP contribution in [0.15, 0.2) is 66.7 Å². The topological polar surface area (TPSA) is 92.8 Å². The second-order valence-electron chi connectivity index (χ2n) is 9.77. The van der Waals surface area contributed by atoms with Gasteiger partial charge in [0.1, 0.15) is 6.04 Å². The van der Waals surface area contributed by atoms with Crippen LogP contribution in [-0.2, 0) is 25.5 Å². The summed E-state index contributed by atoms with van der Waals surface area (Å²) in [6, 6.07) is 14.8. The molecule has 5 rings (SSSR count). The molecule has 3 amide bonds. The van der Waals surface area contributed by atoms with Crippen LogP contribution >= 0.6 is 0 Å². The van der Waals surface area contributed by atoms with Gasteiger partial charge < -0.3 is 10.1 Å². The van der Waals surface area contributed by atoms with Crippen molar-refractivity contribution in [2.45, 2.75) is 38.8 Å². The van der Waals surface area contributed by atoms with Crippen LogP contribution in [-0.4, -0.2) is 40.7 Å². The quantitative estimate of drug-likeness (QED) is 0.378. The predicted octanol–water partition coefficient (Wildman–Crippen LogP) is 3.61. The minimum atomic E-state index is -0.965. The first-order valence-electron chi connectivity index (χ1n) is 12.0. The van der Waals surface area contributed by atoms with Gasteiger partial charge in [-0.05, 0) is 61.9 Å². The highest BCUT2D eigenvalue weighted by Gasteiger charge is 2.61. The Balaban J connectivity index is 1.38. The zero-order valence-electron chi connectivity index (χ0n) is 19.7. The van der Waals surface area contributed by atoms with Crippen molar-refractivity contribution in [3.05, 3.63) is 77.9 Å². The lowest BCUT2D eigenvalue weighted by molar-refractivity contribution is -0.147. The second-order valence-corrected chi connectivity index (χ2v) is 9.77. The fourth-order valence-corrected chi connectivity index (χ4v) is 5.57. The number of amides is 3. The molecular weight excluding hydrogens is 444 g/mol. The molecule has 1 saturated carbocycles. The summed E-state index contributed by atoms with van der Waals surface area (Å²) in [5.74, 6) is -1.96. The maximum Gasteiger partial charge on any atom is 0.338 e. The number of carbonyl (C=O) groups is 4. The number of nitrogens with one attached hydrogen (secondary N) is 1. The maximum atomic E-state index is 13.5. The van der Waals surface area contributed by atoms with E-state index in [2.05, 4.69) is 5.32 Å². The molecule has 1 saturated heterocycles. The van der Waals surface area contributed by atoms with Crippen molar-refractivity contribution < 1.29 is 23.9 Å². The molecule has 2 aromatic carbocycles. The van der Waals surface area contributed by atoms with Crippen LogP contribution in [0, 0.1) is 23.7 Å². The molecule has 5 atom stereocenters. The minimum absolute atomic E-state index is 0.0741. The molecule has 3 aliphatic rings. The van der Waals surface area contributed by atoms with Gasteiger partial charge in [0.2, 0.25) is 17.7 Å². The predicted molar refractivity (Wildman–Crippen MR) is 129 cm³/mol. The Kier molecular flexibility index (Phi) is 6.01. The molecule has 2 aliphatic carbocycles. The molecule has 0 aromatic heterocycles. The third-order valence-electron chi connectivity index (χ3n) is 7.12. The van der Waals surface area contributed by atoms with Gasteiger partial charge in [-0.2, -0.15) is 0 Å². The van der Waals surface area contributed by atoms with E-state index in [9.17, 15) is 19.2 Å². The zero-order valence-corrected chi connectivity index (χ0v) is 19.7. The van der Waals surface area contributed by atoms with E-state index in [1.54, 1.807) is 38.1 Å². The smallest absolute Gasteiger partial charge is 0.338 e. The molecule has 0 spiro atoms. The molecule has 180 valence electrons. The van der Waals surface area contributed by atoms with Gasteiger partial charge in [-0.3, -0.25) is 19.3 Å². The summed E-state index contributed by atoms with van der Waals surface area (Å²) in [5.41, 5.74) is 1.70. The van der Waals surface area contributed by atoms with Crippen LogP contribution in [0.2, 0.25) is 0 Å². The number of imide groups is 1. The first-order chi connectivity index (χ1) is 16.8. The summed E-state index contributed by atoms with van der Waals surface area (Å²) in [5, 5.41) is 2.84. The molecule has 1 heterocycles. The highest BCUT2D eigenvalue weighted by Crippen LogP contribution is 2.53. The molecule has 7 nitrogen and oxygen atoms in total. The first kappa shape index (κ1) is 23.0. The van der Waals surface area contributed by atoms with Gasteiger partial charge in [-0.1, -0.05) is 42.5 Å². The lowest BCUT2D eigenvalue weighted by atomic mass is 9.85. The fraction of sp³-hybridized carbons (Fsp3) is 0.357. The first-order valence-corrected chi connectivity index (χ1v) is 12.0. The number of fused-ring (bicyclic) bond motifs is 5. The molecule has 2 fully saturated rings. The van der Waals surface area contributed by atoms with Crippen molar-refractivity contribution in [2.75, 3.05) is 5.32 Å². The molecule has 2 bridgehead atoms. The molecule has 7 heteroatoms. The summed E-state index contributed by atoms with van der Waals surface area (Å²) < 4.78 is 5.20. The Morgan fingerprint density at radius 1 is 0.943 bits per heavy atom. The van der Waals surface area contributed by atoms with E-state index in [1.165, 1.54) is 4.90 Å². The van der Waals surface area contributed by atoms with E-state index in [0.29, 0.717) is 11.3 Å². The third-order valence-corrected chi connectivity index (χ3v) is 7.12. The van der Waals surface area contributed by atoms with Gasteiger partial charge in [-0.25, -0.2) is 4.79 Å². The highest BCUT2D eigenvalue weighted by molar-refractivity contribution is 6.11. The van der Waals surface area contributed by atoms with E-state index < -0.39 is 17.9 Å². The molecule has 1 N–H and O–H groups in total.